The Bertz CT molecular complexity index is 1590. The number of anilines is 3. The number of hydrogen-bond acceptors (Lipinski definition) is 8. The number of thiophene rings is 1. The van der Waals surface area contributed by atoms with E-state index in [1.807, 2.05) is 56.3 Å². The third-order valence-corrected chi connectivity index (χ3v) is 8.00. The SMILES string of the molecule is Cc1cccc(Nc2sc(C(=O)c3cccc([N+](=O)[O-])c3)c(N)c2-c2nc3ccccc3s2)c1C. The second kappa shape index (κ2) is 8.94. The van der Waals surface area contributed by atoms with Crippen molar-refractivity contribution < 1.29 is 9.72 Å². The van der Waals surface area contributed by atoms with E-state index in [1.165, 1.54) is 40.9 Å². The summed E-state index contributed by atoms with van der Waals surface area (Å²) in [5, 5.41) is 16.1. The van der Waals surface area contributed by atoms with Gasteiger partial charge in [0.15, 0.2) is 0 Å². The lowest BCUT2D eigenvalue weighted by atomic mass is 10.1. The fourth-order valence-electron chi connectivity index (χ4n) is 3.79. The standard InChI is InChI=1S/C26H20N4O3S2/c1-14-7-5-11-18(15(14)2)28-26-21(25-29-19-10-3-4-12-20(19)34-25)22(27)24(35-26)23(31)16-8-6-9-17(13-16)30(32)33/h3-13,28H,27H2,1-2H3. The summed E-state index contributed by atoms with van der Waals surface area (Å²) in [5.41, 5.74) is 11.6. The molecule has 0 saturated heterocycles. The number of non-ortho nitro benzene ring substituents is 1. The molecule has 0 radical (unpaired) electrons. The topological polar surface area (TPSA) is 111 Å². The van der Waals surface area contributed by atoms with E-state index in [-0.39, 0.29) is 17.0 Å². The van der Waals surface area contributed by atoms with Crippen LogP contribution in [-0.2, 0) is 0 Å². The van der Waals surface area contributed by atoms with Crippen LogP contribution in [0.5, 0.6) is 0 Å². The minimum Gasteiger partial charge on any atom is -0.397 e. The fourth-order valence-corrected chi connectivity index (χ4v) is 5.98. The summed E-state index contributed by atoms with van der Waals surface area (Å²) in [6, 6.07) is 19.5. The molecule has 2 heterocycles. The predicted molar refractivity (Wildman–Crippen MR) is 143 cm³/mol. The van der Waals surface area contributed by atoms with Gasteiger partial charge in [-0.3, -0.25) is 14.9 Å². The molecule has 174 valence electrons. The Labute approximate surface area is 209 Å². The van der Waals surface area contributed by atoms with Crippen molar-refractivity contribution in [3.05, 3.63) is 98.4 Å². The van der Waals surface area contributed by atoms with Gasteiger partial charge in [0.1, 0.15) is 14.9 Å². The third-order valence-electron chi connectivity index (χ3n) is 5.83. The zero-order valence-electron chi connectivity index (χ0n) is 18.9. The molecule has 9 heteroatoms. The van der Waals surface area contributed by atoms with Gasteiger partial charge in [0.2, 0.25) is 5.78 Å². The first-order valence-corrected chi connectivity index (χ1v) is 12.4. The normalized spacial score (nSPS) is 11.0. The smallest absolute Gasteiger partial charge is 0.270 e. The number of carbonyl (C=O) groups is 1. The molecular formula is C26H20N4O3S2. The Morgan fingerprint density at radius 1 is 1.03 bits per heavy atom. The van der Waals surface area contributed by atoms with Gasteiger partial charge in [-0.15, -0.1) is 22.7 Å². The molecule has 0 saturated carbocycles. The highest BCUT2D eigenvalue weighted by Crippen LogP contribution is 2.47. The quantitative estimate of drug-likeness (QED) is 0.146. The van der Waals surface area contributed by atoms with E-state index in [4.69, 9.17) is 10.7 Å². The minimum atomic E-state index is -0.519. The molecule has 0 fully saturated rings. The highest BCUT2D eigenvalue weighted by Gasteiger charge is 2.26. The van der Waals surface area contributed by atoms with Crippen LogP contribution >= 0.6 is 22.7 Å². The Morgan fingerprint density at radius 2 is 1.80 bits per heavy atom. The Kier molecular flexibility index (Phi) is 5.80. The van der Waals surface area contributed by atoms with Crippen LogP contribution in [0.3, 0.4) is 0 Å². The Morgan fingerprint density at radius 3 is 2.57 bits per heavy atom. The number of aryl methyl sites for hydroxylation is 1. The number of ketones is 1. The van der Waals surface area contributed by atoms with Crippen LogP contribution in [0.15, 0.2) is 66.7 Å². The van der Waals surface area contributed by atoms with Gasteiger partial charge in [-0.25, -0.2) is 4.98 Å². The van der Waals surface area contributed by atoms with E-state index in [0.717, 1.165) is 27.0 Å². The van der Waals surface area contributed by atoms with E-state index in [1.54, 1.807) is 6.07 Å². The van der Waals surface area contributed by atoms with E-state index < -0.39 is 4.92 Å². The minimum absolute atomic E-state index is 0.147. The monoisotopic (exact) mass is 500 g/mol. The van der Waals surface area contributed by atoms with Crippen molar-refractivity contribution in [3.63, 3.8) is 0 Å². The number of fused-ring (bicyclic) bond motifs is 1. The van der Waals surface area contributed by atoms with Crippen molar-refractivity contribution >= 4 is 60.7 Å². The Hall–Kier alpha value is -4.08. The highest BCUT2D eigenvalue weighted by atomic mass is 32.1. The number of thiazole rings is 1. The molecule has 5 aromatic rings. The molecule has 2 aromatic heterocycles. The maximum atomic E-state index is 13.4. The van der Waals surface area contributed by atoms with E-state index >= 15 is 0 Å². The molecule has 0 amide bonds. The molecular weight excluding hydrogens is 480 g/mol. The van der Waals surface area contributed by atoms with Gasteiger partial charge in [0.25, 0.3) is 5.69 Å². The molecule has 3 aromatic carbocycles. The average molecular weight is 501 g/mol. The van der Waals surface area contributed by atoms with Gasteiger partial charge in [-0.1, -0.05) is 36.4 Å². The zero-order valence-corrected chi connectivity index (χ0v) is 20.5. The number of para-hydroxylation sites is 1. The number of aromatic nitrogens is 1. The van der Waals surface area contributed by atoms with E-state index in [9.17, 15) is 14.9 Å². The lowest BCUT2D eigenvalue weighted by molar-refractivity contribution is -0.384. The number of nitrogens with one attached hydrogen (secondary N) is 1. The van der Waals surface area contributed by atoms with Crippen molar-refractivity contribution in [1.82, 2.24) is 4.98 Å². The molecule has 0 atom stereocenters. The van der Waals surface area contributed by atoms with Crippen LogP contribution < -0.4 is 11.1 Å². The summed E-state index contributed by atoms with van der Waals surface area (Å²) in [7, 11) is 0. The predicted octanol–water partition coefficient (Wildman–Crippen LogP) is 7.11. The number of carbonyl (C=O) groups excluding carboxylic acids is 1. The summed E-state index contributed by atoms with van der Waals surface area (Å²) in [5.74, 6) is -0.368. The summed E-state index contributed by atoms with van der Waals surface area (Å²) in [6.07, 6.45) is 0. The number of nitrogen functional groups attached to an aromatic ring is 1. The first-order chi connectivity index (χ1) is 16.8. The first-order valence-electron chi connectivity index (χ1n) is 10.7. The van der Waals surface area contributed by atoms with Gasteiger partial charge in [-0.2, -0.15) is 0 Å². The number of hydrogen-bond donors (Lipinski definition) is 2. The summed E-state index contributed by atoms with van der Waals surface area (Å²) in [4.78, 5) is 29.2. The summed E-state index contributed by atoms with van der Waals surface area (Å²) < 4.78 is 1.01. The van der Waals surface area contributed by atoms with Gasteiger partial charge >= 0.3 is 0 Å². The van der Waals surface area contributed by atoms with Crippen molar-refractivity contribution in [3.8, 4) is 10.6 Å². The van der Waals surface area contributed by atoms with Crippen molar-refractivity contribution in [2.24, 2.45) is 0 Å². The third kappa shape index (κ3) is 4.16. The fraction of sp³-hybridized carbons (Fsp3) is 0.0769. The van der Waals surface area contributed by atoms with Crippen LogP contribution in [0.1, 0.15) is 26.4 Å². The lowest BCUT2D eigenvalue weighted by Gasteiger charge is -2.11. The van der Waals surface area contributed by atoms with Crippen molar-refractivity contribution in [1.29, 1.82) is 0 Å². The van der Waals surface area contributed by atoms with Crippen molar-refractivity contribution in [2.45, 2.75) is 13.8 Å². The largest absolute Gasteiger partial charge is 0.397 e. The van der Waals surface area contributed by atoms with Crippen LogP contribution in [0.2, 0.25) is 0 Å². The maximum absolute atomic E-state index is 13.4. The number of nitro benzene ring substituents is 1. The number of benzene rings is 3. The van der Waals surface area contributed by atoms with Crippen LogP contribution in [0.25, 0.3) is 20.8 Å². The summed E-state index contributed by atoms with van der Waals surface area (Å²) >= 11 is 2.73. The highest BCUT2D eigenvalue weighted by molar-refractivity contribution is 7.23. The second-order valence-corrected chi connectivity index (χ2v) is 10.1. The second-order valence-electron chi connectivity index (χ2n) is 8.04. The number of nitro groups is 1. The zero-order chi connectivity index (χ0) is 24.7. The van der Waals surface area contributed by atoms with Gasteiger partial charge in [0.05, 0.1) is 26.4 Å². The maximum Gasteiger partial charge on any atom is 0.270 e. The molecule has 0 bridgehead atoms. The first kappa shape index (κ1) is 22.7. The molecule has 0 aliphatic heterocycles. The van der Waals surface area contributed by atoms with Crippen LogP contribution in [0, 0.1) is 24.0 Å². The number of rotatable bonds is 6. The number of nitrogens with zero attached hydrogens (tertiary/aromatic N) is 2. The average Bonchev–Trinajstić information content (AvgIpc) is 3.42. The molecule has 3 N–H and O–H groups in total. The van der Waals surface area contributed by atoms with Crippen molar-refractivity contribution in [2.75, 3.05) is 11.1 Å². The number of nitrogens with two attached hydrogens (primary N) is 1. The molecule has 0 spiro atoms. The lowest BCUT2D eigenvalue weighted by Crippen LogP contribution is -2.03. The van der Waals surface area contributed by atoms with Crippen LogP contribution in [0.4, 0.5) is 22.1 Å². The van der Waals surface area contributed by atoms with Gasteiger partial charge in [-0.05, 0) is 43.2 Å². The molecule has 0 unspecified atom stereocenters. The van der Waals surface area contributed by atoms with E-state index in [0.29, 0.717) is 26.1 Å². The molecule has 7 nitrogen and oxygen atoms in total. The molecule has 35 heavy (non-hydrogen) atoms. The van der Waals surface area contributed by atoms with Gasteiger partial charge in [0, 0.05) is 23.4 Å². The molecule has 5 rings (SSSR count). The Balaban J connectivity index is 1.67. The summed E-state index contributed by atoms with van der Waals surface area (Å²) in [6.45, 7) is 4.07. The van der Waals surface area contributed by atoms with E-state index in [2.05, 4.69) is 5.32 Å². The van der Waals surface area contributed by atoms with Gasteiger partial charge < -0.3 is 11.1 Å². The molecule has 0 aliphatic rings. The van der Waals surface area contributed by atoms with Crippen LogP contribution in [-0.4, -0.2) is 15.7 Å². The molecule has 0 aliphatic carbocycles.